The summed E-state index contributed by atoms with van der Waals surface area (Å²) in [6.45, 7) is 0.313. The van der Waals surface area contributed by atoms with Gasteiger partial charge in [0.2, 0.25) is 0 Å². The molecule has 0 aliphatic heterocycles. The van der Waals surface area contributed by atoms with Gasteiger partial charge in [0.15, 0.2) is 5.16 Å². The number of benzene rings is 2. The smallest absolute Gasteiger partial charge is 0.284 e. The number of nitro benzene ring substituents is 1. The van der Waals surface area contributed by atoms with E-state index in [-0.39, 0.29) is 23.2 Å². The maximum absolute atomic E-state index is 13.4. The number of hydrogen-bond donors (Lipinski definition) is 0. The van der Waals surface area contributed by atoms with Crippen LogP contribution in [0.4, 0.5) is 5.69 Å². The molecule has 0 N–H and O–H groups in total. The molecule has 0 saturated heterocycles. The lowest BCUT2D eigenvalue weighted by atomic mass is 10.1. The number of ether oxygens (including phenoxy) is 2. The second-order valence-electron chi connectivity index (χ2n) is 7.61. The Morgan fingerprint density at radius 3 is 2.64 bits per heavy atom. The van der Waals surface area contributed by atoms with E-state index in [2.05, 4.69) is 10.2 Å². The number of nitrogens with zero attached hydrogens (tertiary/aromatic N) is 5. The van der Waals surface area contributed by atoms with Crippen LogP contribution in [0.1, 0.15) is 28.8 Å². The quantitative estimate of drug-likeness (QED) is 0.344. The molecule has 0 bridgehead atoms. The molecule has 10 nitrogen and oxygen atoms in total. The van der Waals surface area contributed by atoms with Crippen molar-refractivity contribution in [3.8, 4) is 11.5 Å². The van der Waals surface area contributed by atoms with E-state index in [1.807, 2.05) is 6.07 Å². The van der Waals surface area contributed by atoms with E-state index in [0.717, 1.165) is 30.2 Å². The molecule has 0 radical (unpaired) electrons. The molecule has 1 amide bonds. The topological polar surface area (TPSA) is 113 Å². The van der Waals surface area contributed by atoms with E-state index in [1.54, 1.807) is 55.0 Å². The van der Waals surface area contributed by atoms with Gasteiger partial charge in [0.1, 0.15) is 17.8 Å². The molecule has 4 rings (SSSR count). The highest BCUT2D eigenvalue weighted by molar-refractivity contribution is 7.99. The fourth-order valence-electron chi connectivity index (χ4n) is 3.45. The number of amides is 1. The molecule has 1 heterocycles. The van der Waals surface area contributed by atoms with Crippen LogP contribution in [-0.2, 0) is 13.6 Å². The predicted molar refractivity (Wildman–Crippen MR) is 121 cm³/mol. The second kappa shape index (κ2) is 9.49. The van der Waals surface area contributed by atoms with Crippen molar-refractivity contribution in [2.75, 3.05) is 14.2 Å². The van der Waals surface area contributed by atoms with E-state index in [1.165, 1.54) is 12.4 Å². The Morgan fingerprint density at radius 2 is 2.03 bits per heavy atom. The first-order valence-electron chi connectivity index (χ1n) is 10.2. The van der Waals surface area contributed by atoms with Gasteiger partial charge in [-0.3, -0.25) is 14.9 Å². The summed E-state index contributed by atoms with van der Waals surface area (Å²) in [4.78, 5) is 26.9. The van der Waals surface area contributed by atoms with Crippen molar-refractivity contribution >= 4 is 23.4 Å². The molecule has 2 aromatic carbocycles. The summed E-state index contributed by atoms with van der Waals surface area (Å²) < 4.78 is 12.4. The van der Waals surface area contributed by atoms with Crippen LogP contribution in [0.2, 0.25) is 0 Å². The maximum Gasteiger partial charge on any atom is 0.284 e. The summed E-state index contributed by atoms with van der Waals surface area (Å²) in [6, 6.07) is 10.0. The van der Waals surface area contributed by atoms with Gasteiger partial charge in [0.05, 0.1) is 30.6 Å². The van der Waals surface area contributed by atoms with Gasteiger partial charge in [-0.1, -0.05) is 0 Å². The van der Waals surface area contributed by atoms with Gasteiger partial charge in [-0.2, -0.15) is 0 Å². The van der Waals surface area contributed by atoms with Crippen LogP contribution < -0.4 is 9.47 Å². The van der Waals surface area contributed by atoms with Crippen LogP contribution in [0.25, 0.3) is 0 Å². The Balaban J connectivity index is 1.63. The molecular formula is C22H23N5O5S. The van der Waals surface area contributed by atoms with Crippen molar-refractivity contribution in [2.24, 2.45) is 7.05 Å². The van der Waals surface area contributed by atoms with Gasteiger partial charge in [0, 0.05) is 30.3 Å². The van der Waals surface area contributed by atoms with Crippen LogP contribution in [-0.4, -0.2) is 50.8 Å². The third-order valence-corrected chi connectivity index (χ3v) is 6.47. The highest BCUT2D eigenvalue weighted by atomic mass is 32.2. The number of carbonyl (C=O) groups excluding carboxylic acids is 1. The normalized spacial score (nSPS) is 12.9. The lowest BCUT2D eigenvalue weighted by Gasteiger charge is -2.24. The van der Waals surface area contributed by atoms with Crippen molar-refractivity contribution < 1.29 is 19.2 Å². The predicted octanol–water partition coefficient (Wildman–Crippen LogP) is 3.70. The van der Waals surface area contributed by atoms with Crippen LogP contribution in [0, 0.1) is 10.1 Å². The molecule has 1 saturated carbocycles. The number of methoxy groups -OCH3 is 2. The van der Waals surface area contributed by atoms with Gasteiger partial charge >= 0.3 is 0 Å². The first-order valence-corrected chi connectivity index (χ1v) is 11.0. The van der Waals surface area contributed by atoms with E-state index >= 15 is 0 Å². The summed E-state index contributed by atoms with van der Waals surface area (Å²) in [5, 5.41) is 20.0. The van der Waals surface area contributed by atoms with Gasteiger partial charge in [0.25, 0.3) is 11.6 Å². The first kappa shape index (κ1) is 22.6. The molecule has 1 aliphatic rings. The van der Waals surface area contributed by atoms with Crippen molar-refractivity contribution in [3.05, 3.63) is 64.0 Å². The molecule has 0 spiro atoms. The number of aryl methyl sites for hydroxylation is 1. The zero-order valence-corrected chi connectivity index (χ0v) is 19.2. The monoisotopic (exact) mass is 469 g/mol. The average molecular weight is 470 g/mol. The summed E-state index contributed by atoms with van der Waals surface area (Å²) >= 11 is 1.13. The lowest BCUT2D eigenvalue weighted by molar-refractivity contribution is -0.387. The van der Waals surface area contributed by atoms with Crippen molar-refractivity contribution in [3.63, 3.8) is 0 Å². The van der Waals surface area contributed by atoms with Crippen LogP contribution in [0.5, 0.6) is 11.5 Å². The minimum Gasteiger partial charge on any atom is -0.497 e. The SMILES string of the molecule is COc1ccc(OC)c(CN(C(=O)c2ccc(Sc3nncn3C)c([N+](=O)[O-])c2)C2CC2)c1. The molecular weight excluding hydrogens is 446 g/mol. The van der Waals surface area contributed by atoms with E-state index in [4.69, 9.17) is 9.47 Å². The van der Waals surface area contributed by atoms with Crippen molar-refractivity contribution in [1.82, 2.24) is 19.7 Å². The van der Waals surface area contributed by atoms with E-state index in [0.29, 0.717) is 28.1 Å². The largest absolute Gasteiger partial charge is 0.497 e. The standard InChI is InChI=1S/C22H23N5O5S/c1-25-13-23-24-22(25)33-20-9-4-14(11-18(20)27(29)30)21(28)26(16-5-6-16)12-15-10-17(31-2)7-8-19(15)32-3/h4,7-11,13,16H,5-6,12H2,1-3H3. The fraction of sp³-hybridized carbons (Fsp3) is 0.318. The van der Waals surface area contributed by atoms with Crippen molar-refractivity contribution in [1.29, 1.82) is 0 Å². The summed E-state index contributed by atoms with van der Waals surface area (Å²) in [6.07, 6.45) is 3.30. The Hall–Kier alpha value is -3.60. The molecule has 1 aliphatic carbocycles. The average Bonchev–Trinajstić information content (AvgIpc) is 3.59. The van der Waals surface area contributed by atoms with E-state index in [9.17, 15) is 14.9 Å². The van der Waals surface area contributed by atoms with Gasteiger partial charge < -0.3 is 18.9 Å². The molecule has 0 atom stereocenters. The second-order valence-corrected chi connectivity index (χ2v) is 8.62. The molecule has 3 aromatic rings. The summed E-state index contributed by atoms with van der Waals surface area (Å²) in [5.74, 6) is 1.05. The zero-order valence-electron chi connectivity index (χ0n) is 18.4. The number of nitro groups is 1. The number of hydrogen-bond acceptors (Lipinski definition) is 8. The molecule has 1 fully saturated rings. The minimum atomic E-state index is -0.484. The Morgan fingerprint density at radius 1 is 1.24 bits per heavy atom. The molecule has 33 heavy (non-hydrogen) atoms. The highest BCUT2D eigenvalue weighted by Gasteiger charge is 2.34. The Kier molecular flexibility index (Phi) is 6.50. The van der Waals surface area contributed by atoms with Crippen LogP contribution >= 0.6 is 11.8 Å². The first-order chi connectivity index (χ1) is 15.9. The summed E-state index contributed by atoms with van der Waals surface area (Å²) in [5.41, 5.74) is 0.919. The maximum atomic E-state index is 13.4. The molecule has 0 unspecified atom stereocenters. The van der Waals surface area contributed by atoms with Crippen LogP contribution in [0.15, 0.2) is 52.8 Å². The Bertz CT molecular complexity index is 1190. The van der Waals surface area contributed by atoms with Gasteiger partial charge in [-0.25, -0.2) is 0 Å². The number of carbonyl (C=O) groups is 1. The fourth-order valence-corrected chi connectivity index (χ4v) is 4.30. The van der Waals surface area contributed by atoms with E-state index < -0.39 is 4.92 Å². The number of aromatic nitrogens is 3. The van der Waals surface area contributed by atoms with Crippen molar-refractivity contribution in [2.45, 2.75) is 35.5 Å². The Labute approximate surface area is 194 Å². The van der Waals surface area contributed by atoms with Gasteiger partial charge in [-0.15, -0.1) is 10.2 Å². The minimum absolute atomic E-state index is 0.0835. The zero-order chi connectivity index (χ0) is 23.5. The van der Waals surface area contributed by atoms with Crippen LogP contribution in [0.3, 0.4) is 0 Å². The third kappa shape index (κ3) is 4.92. The molecule has 11 heteroatoms. The molecule has 172 valence electrons. The molecule has 1 aromatic heterocycles. The van der Waals surface area contributed by atoms with Gasteiger partial charge in [-0.05, 0) is 54.9 Å². The summed E-state index contributed by atoms with van der Waals surface area (Å²) in [7, 11) is 4.91. The highest BCUT2D eigenvalue weighted by Crippen LogP contribution is 2.36. The lowest BCUT2D eigenvalue weighted by Crippen LogP contribution is -2.32. The number of rotatable bonds is 9. The third-order valence-electron chi connectivity index (χ3n) is 5.35.